The van der Waals surface area contributed by atoms with Gasteiger partial charge in [0.1, 0.15) is 5.75 Å². The summed E-state index contributed by atoms with van der Waals surface area (Å²) in [6, 6.07) is 14.2. The highest BCUT2D eigenvalue weighted by Crippen LogP contribution is 2.21. The number of thioether (sulfide) groups is 1. The average Bonchev–Trinajstić information content (AvgIpc) is 3.16. The van der Waals surface area contributed by atoms with E-state index in [2.05, 4.69) is 20.8 Å². The second-order valence-electron chi connectivity index (χ2n) is 5.77. The Bertz CT molecular complexity index is 972. The molecule has 9 heteroatoms. The van der Waals surface area contributed by atoms with E-state index in [1.165, 1.54) is 18.7 Å². The van der Waals surface area contributed by atoms with Crippen LogP contribution < -0.4 is 10.1 Å². The minimum atomic E-state index is -0.216. The molecule has 0 saturated carbocycles. The van der Waals surface area contributed by atoms with Crippen molar-refractivity contribution in [3.63, 3.8) is 0 Å². The Balaban J connectivity index is 1.62. The third-order valence-electron chi connectivity index (χ3n) is 3.72. The molecule has 0 aliphatic rings. The third kappa shape index (κ3) is 4.95. The molecule has 0 saturated heterocycles. The van der Waals surface area contributed by atoms with Crippen LogP contribution in [0.3, 0.4) is 0 Å². The summed E-state index contributed by atoms with van der Waals surface area (Å²) < 4.78 is 6.99. The Morgan fingerprint density at radius 3 is 2.68 bits per heavy atom. The Kier molecular flexibility index (Phi) is 6.38. The fourth-order valence-corrected chi connectivity index (χ4v) is 3.12. The molecule has 1 amide bonds. The lowest BCUT2D eigenvalue weighted by Crippen LogP contribution is -2.15. The molecule has 8 nitrogen and oxygen atoms in total. The molecule has 0 fully saturated rings. The summed E-state index contributed by atoms with van der Waals surface area (Å²) in [4.78, 5) is 23.7. The van der Waals surface area contributed by atoms with E-state index in [9.17, 15) is 9.59 Å². The molecule has 0 unspecified atom stereocenters. The van der Waals surface area contributed by atoms with Crippen LogP contribution in [0, 0.1) is 0 Å². The van der Waals surface area contributed by atoms with E-state index in [0.29, 0.717) is 23.0 Å². The Labute approximate surface area is 166 Å². The normalized spacial score (nSPS) is 10.5. The number of tetrazole rings is 1. The standard InChI is InChI=1S/C19H19N5O3S/c1-3-27-17-9-7-16(8-10-17)24-19(21-22-23-24)28-12-18(26)20-15-6-4-5-14(11-15)13(2)25/h4-11H,3,12H2,1-2H3,(H,20,26). The van der Waals surface area contributed by atoms with Crippen molar-refractivity contribution in [3.05, 3.63) is 54.1 Å². The fourth-order valence-electron chi connectivity index (χ4n) is 2.42. The van der Waals surface area contributed by atoms with Crippen molar-refractivity contribution >= 4 is 29.1 Å². The zero-order chi connectivity index (χ0) is 19.9. The van der Waals surface area contributed by atoms with Crippen LogP contribution in [0.25, 0.3) is 5.69 Å². The van der Waals surface area contributed by atoms with E-state index < -0.39 is 0 Å². The van der Waals surface area contributed by atoms with E-state index in [1.807, 2.05) is 31.2 Å². The summed E-state index contributed by atoms with van der Waals surface area (Å²) in [6.45, 7) is 4.00. The van der Waals surface area contributed by atoms with Crippen molar-refractivity contribution < 1.29 is 14.3 Å². The number of nitrogens with zero attached hydrogens (tertiary/aromatic N) is 4. The molecule has 1 aromatic heterocycles. The minimum Gasteiger partial charge on any atom is -0.494 e. The van der Waals surface area contributed by atoms with Crippen molar-refractivity contribution in [1.82, 2.24) is 20.2 Å². The maximum Gasteiger partial charge on any atom is 0.234 e. The van der Waals surface area contributed by atoms with Gasteiger partial charge in [-0.2, -0.15) is 4.68 Å². The molecule has 2 aromatic carbocycles. The lowest BCUT2D eigenvalue weighted by Gasteiger charge is -2.07. The molecule has 144 valence electrons. The Hall–Kier alpha value is -3.20. The van der Waals surface area contributed by atoms with Gasteiger partial charge < -0.3 is 10.1 Å². The summed E-state index contributed by atoms with van der Waals surface area (Å²) in [5, 5.41) is 14.9. The largest absolute Gasteiger partial charge is 0.494 e. The van der Waals surface area contributed by atoms with Gasteiger partial charge in [-0.3, -0.25) is 9.59 Å². The number of benzene rings is 2. The Morgan fingerprint density at radius 1 is 1.18 bits per heavy atom. The monoisotopic (exact) mass is 397 g/mol. The molecule has 1 heterocycles. The highest BCUT2D eigenvalue weighted by molar-refractivity contribution is 7.99. The molecular weight excluding hydrogens is 378 g/mol. The number of nitrogens with one attached hydrogen (secondary N) is 1. The molecule has 0 spiro atoms. The smallest absolute Gasteiger partial charge is 0.234 e. The molecule has 3 aromatic rings. The first kappa shape index (κ1) is 19.6. The zero-order valence-corrected chi connectivity index (χ0v) is 16.3. The minimum absolute atomic E-state index is 0.0556. The van der Waals surface area contributed by atoms with Crippen LogP contribution in [0.4, 0.5) is 5.69 Å². The molecule has 3 rings (SSSR count). The maximum absolute atomic E-state index is 12.2. The van der Waals surface area contributed by atoms with Gasteiger partial charge in [0.25, 0.3) is 0 Å². The molecule has 1 N–H and O–H groups in total. The van der Waals surface area contributed by atoms with E-state index in [4.69, 9.17) is 4.74 Å². The number of aromatic nitrogens is 4. The highest BCUT2D eigenvalue weighted by Gasteiger charge is 2.12. The highest BCUT2D eigenvalue weighted by atomic mass is 32.2. The van der Waals surface area contributed by atoms with Gasteiger partial charge in [-0.05, 0) is 60.7 Å². The first-order valence-corrected chi connectivity index (χ1v) is 9.60. The summed E-state index contributed by atoms with van der Waals surface area (Å²) >= 11 is 1.22. The first-order valence-electron chi connectivity index (χ1n) is 8.62. The van der Waals surface area contributed by atoms with Crippen molar-refractivity contribution in [2.45, 2.75) is 19.0 Å². The van der Waals surface area contributed by atoms with Gasteiger partial charge in [0.05, 0.1) is 18.0 Å². The van der Waals surface area contributed by atoms with Crippen LogP contribution in [-0.2, 0) is 4.79 Å². The summed E-state index contributed by atoms with van der Waals surface area (Å²) in [5.74, 6) is 0.620. The summed E-state index contributed by atoms with van der Waals surface area (Å²) in [5.41, 5.74) is 1.89. The number of anilines is 1. The number of hydrogen-bond acceptors (Lipinski definition) is 7. The van der Waals surface area contributed by atoms with Crippen molar-refractivity contribution in [2.24, 2.45) is 0 Å². The van der Waals surface area contributed by atoms with Gasteiger partial charge in [-0.25, -0.2) is 0 Å². The van der Waals surface area contributed by atoms with Gasteiger partial charge in [0.2, 0.25) is 11.1 Å². The number of ketones is 1. The molecule has 0 aliphatic heterocycles. The summed E-state index contributed by atoms with van der Waals surface area (Å²) in [7, 11) is 0. The quantitative estimate of drug-likeness (QED) is 0.461. The lowest BCUT2D eigenvalue weighted by molar-refractivity contribution is -0.113. The van der Waals surface area contributed by atoms with Gasteiger partial charge in [-0.1, -0.05) is 23.9 Å². The Morgan fingerprint density at radius 2 is 1.96 bits per heavy atom. The zero-order valence-electron chi connectivity index (χ0n) is 15.5. The second-order valence-corrected chi connectivity index (χ2v) is 6.72. The van der Waals surface area contributed by atoms with Crippen LogP contribution in [-0.4, -0.2) is 44.3 Å². The lowest BCUT2D eigenvalue weighted by atomic mass is 10.1. The number of carbonyl (C=O) groups is 2. The molecule has 0 radical (unpaired) electrons. The average molecular weight is 397 g/mol. The second kappa shape index (κ2) is 9.14. The first-order chi connectivity index (χ1) is 13.6. The van der Waals surface area contributed by atoms with Crippen LogP contribution in [0.1, 0.15) is 24.2 Å². The predicted octanol–water partition coefficient (Wildman–Crippen LogP) is 2.99. The van der Waals surface area contributed by atoms with Crippen molar-refractivity contribution in [3.8, 4) is 11.4 Å². The maximum atomic E-state index is 12.2. The number of Topliss-reactive ketones (excluding diaryl/α,β-unsaturated/α-hetero) is 1. The van der Waals surface area contributed by atoms with Gasteiger partial charge in [-0.15, -0.1) is 5.10 Å². The van der Waals surface area contributed by atoms with Gasteiger partial charge >= 0.3 is 0 Å². The van der Waals surface area contributed by atoms with E-state index in [-0.39, 0.29) is 17.4 Å². The molecular formula is C19H19N5O3S. The van der Waals surface area contributed by atoms with Gasteiger partial charge in [0.15, 0.2) is 5.78 Å². The van der Waals surface area contributed by atoms with Crippen LogP contribution >= 0.6 is 11.8 Å². The number of hydrogen-bond donors (Lipinski definition) is 1. The predicted molar refractivity (Wildman–Crippen MR) is 106 cm³/mol. The number of rotatable bonds is 8. The van der Waals surface area contributed by atoms with Crippen LogP contribution in [0.5, 0.6) is 5.75 Å². The van der Waals surface area contributed by atoms with E-state index in [1.54, 1.807) is 28.9 Å². The molecule has 28 heavy (non-hydrogen) atoms. The van der Waals surface area contributed by atoms with Crippen molar-refractivity contribution in [1.29, 1.82) is 0 Å². The number of ether oxygens (including phenoxy) is 1. The summed E-state index contributed by atoms with van der Waals surface area (Å²) in [6.07, 6.45) is 0. The van der Waals surface area contributed by atoms with Crippen molar-refractivity contribution in [2.75, 3.05) is 17.7 Å². The number of amides is 1. The molecule has 0 atom stereocenters. The SMILES string of the molecule is CCOc1ccc(-n2nnnc2SCC(=O)Nc2cccc(C(C)=O)c2)cc1. The topological polar surface area (TPSA) is 99.0 Å². The van der Waals surface area contributed by atoms with E-state index in [0.717, 1.165) is 11.4 Å². The number of carbonyl (C=O) groups excluding carboxylic acids is 2. The molecule has 0 bridgehead atoms. The fraction of sp³-hybridized carbons (Fsp3) is 0.211. The van der Waals surface area contributed by atoms with Crippen LogP contribution in [0.15, 0.2) is 53.7 Å². The third-order valence-corrected chi connectivity index (χ3v) is 4.64. The molecule has 0 aliphatic carbocycles. The van der Waals surface area contributed by atoms with Crippen LogP contribution in [0.2, 0.25) is 0 Å². The van der Waals surface area contributed by atoms with Gasteiger partial charge in [0, 0.05) is 11.3 Å². The van der Waals surface area contributed by atoms with E-state index >= 15 is 0 Å².